The Morgan fingerprint density at radius 1 is 0.758 bits per heavy atom. The van der Waals surface area contributed by atoms with Crippen LogP contribution in [-0.4, -0.2) is 4.98 Å². The molecule has 3 aromatic heterocycles. The number of pyridine rings is 1. The maximum absolute atomic E-state index is 6.21. The fourth-order valence-electron chi connectivity index (χ4n) is 4.82. The zero-order chi connectivity index (χ0) is 21.8. The van der Waals surface area contributed by atoms with E-state index in [9.17, 15) is 0 Å². The Morgan fingerprint density at radius 2 is 1.55 bits per heavy atom. The van der Waals surface area contributed by atoms with Crippen molar-refractivity contribution in [3.8, 4) is 0 Å². The van der Waals surface area contributed by atoms with Gasteiger partial charge in [0.25, 0.3) is 0 Å². The quantitative estimate of drug-likeness (QED) is 0.321. The Hall–Kier alpha value is -4.51. The molecule has 0 saturated heterocycles. The molecule has 1 N–H and O–H groups in total. The molecule has 0 spiro atoms. The molecule has 6 aromatic rings. The first-order valence-corrected chi connectivity index (χ1v) is 10.9. The topological polar surface area (TPSA) is 54.4 Å². The third-order valence-electron chi connectivity index (χ3n) is 6.20. The van der Waals surface area contributed by atoms with Gasteiger partial charge >= 0.3 is 0 Å². The van der Waals surface area contributed by atoms with Gasteiger partial charge in [-0.2, -0.15) is 0 Å². The molecule has 0 fully saturated rings. The minimum absolute atomic E-state index is 0.640. The lowest BCUT2D eigenvalue weighted by Gasteiger charge is -2.27. The first-order chi connectivity index (χ1) is 16.4. The average Bonchev–Trinajstić information content (AvgIpc) is 3.44. The number of anilines is 3. The monoisotopic (exact) mass is 429 g/mol. The molecule has 0 atom stereocenters. The van der Waals surface area contributed by atoms with Gasteiger partial charge in [0.15, 0.2) is 0 Å². The summed E-state index contributed by atoms with van der Waals surface area (Å²) in [6, 6.07) is 26.8. The van der Waals surface area contributed by atoms with E-state index in [4.69, 9.17) is 8.83 Å². The van der Waals surface area contributed by atoms with Crippen LogP contribution in [0.1, 0.15) is 11.3 Å². The number of para-hydroxylation sites is 1. The molecule has 33 heavy (non-hydrogen) atoms. The van der Waals surface area contributed by atoms with Crippen LogP contribution in [0.2, 0.25) is 0 Å². The largest absolute Gasteiger partial charge is 0.456 e. The summed E-state index contributed by atoms with van der Waals surface area (Å²) in [4.78, 5) is 6.74. The first-order valence-electron chi connectivity index (χ1n) is 10.9. The SMILES string of the molecule is C1=Cc2oc3cccc(N(c4ccccc4)c4cccc5oc6ncccc6c45)c3c2CN1. The Kier molecular flexibility index (Phi) is 3.84. The molecule has 0 amide bonds. The molecular weight excluding hydrogens is 410 g/mol. The van der Waals surface area contributed by atoms with Gasteiger partial charge in [0, 0.05) is 35.6 Å². The highest BCUT2D eigenvalue weighted by atomic mass is 16.3. The van der Waals surface area contributed by atoms with E-state index >= 15 is 0 Å². The first kappa shape index (κ1) is 18.1. The van der Waals surface area contributed by atoms with Gasteiger partial charge in [0.2, 0.25) is 5.71 Å². The van der Waals surface area contributed by atoms with Crippen LogP contribution in [-0.2, 0) is 6.54 Å². The van der Waals surface area contributed by atoms with Crippen LogP contribution in [0.3, 0.4) is 0 Å². The van der Waals surface area contributed by atoms with E-state index in [0.29, 0.717) is 5.71 Å². The van der Waals surface area contributed by atoms with E-state index in [0.717, 1.165) is 62.3 Å². The number of benzene rings is 3. The number of rotatable bonds is 3. The van der Waals surface area contributed by atoms with Crippen LogP contribution < -0.4 is 10.2 Å². The predicted octanol–water partition coefficient (Wildman–Crippen LogP) is 7.27. The number of fused-ring (bicyclic) bond motifs is 6. The van der Waals surface area contributed by atoms with Crippen molar-refractivity contribution in [1.29, 1.82) is 0 Å². The van der Waals surface area contributed by atoms with Crippen LogP contribution >= 0.6 is 0 Å². The summed E-state index contributed by atoms with van der Waals surface area (Å²) < 4.78 is 12.3. The molecule has 0 bridgehead atoms. The van der Waals surface area contributed by atoms with Crippen molar-refractivity contribution in [2.24, 2.45) is 0 Å². The van der Waals surface area contributed by atoms with E-state index in [2.05, 4.69) is 63.7 Å². The second-order valence-corrected chi connectivity index (χ2v) is 8.09. The molecule has 0 saturated carbocycles. The molecule has 1 aliphatic heterocycles. The van der Waals surface area contributed by atoms with Gasteiger partial charge in [0.05, 0.1) is 22.1 Å². The average molecular weight is 429 g/mol. The smallest absolute Gasteiger partial charge is 0.227 e. The molecule has 0 radical (unpaired) electrons. The predicted molar refractivity (Wildman–Crippen MR) is 132 cm³/mol. The number of nitrogens with one attached hydrogen (secondary N) is 1. The Morgan fingerprint density at radius 3 is 2.39 bits per heavy atom. The minimum Gasteiger partial charge on any atom is -0.456 e. The number of furan rings is 2. The molecule has 1 aliphatic rings. The standard InChI is InChI=1S/C28H19N3O2/c1-2-7-18(8-3-1)31(21-10-5-13-25-26(21)19-9-6-15-30-28(19)33-25)22-11-4-12-24-27(22)20-17-29-16-14-23(20)32-24/h1-16,29H,17H2. The lowest BCUT2D eigenvalue weighted by Crippen LogP contribution is -2.13. The molecule has 5 nitrogen and oxygen atoms in total. The molecular formula is C28H19N3O2. The number of nitrogens with zero attached hydrogens (tertiary/aromatic N) is 2. The fraction of sp³-hybridized carbons (Fsp3) is 0.0357. The van der Waals surface area contributed by atoms with Gasteiger partial charge in [-0.05, 0) is 54.6 Å². The van der Waals surface area contributed by atoms with Crippen molar-refractivity contribution in [3.63, 3.8) is 0 Å². The number of hydrogen-bond acceptors (Lipinski definition) is 5. The number of hydrogen-bond donors (Lipinski definition) is 1. The van der Waals surface area contributed by atoms with Crippen LogP contribution in [0.4, 0.5) is 17.1 Å². The van der Waals surface area contributed by atoms with Crippen molar-refractivity contribution in [1.82, 2.24) is 10.3 Å². The van der Waals surface area contributed by atoms with Crippen molar-refractivity contribution in [2.45, 2.75) is 6.54 Å². The highest BCUT2D eigenvalue weighted by Gasteiger charge is 2.24. The van der Waals surface area contributed by atoms with Crippen molar-refractivity contribution in [3.05, 3.63) is 103 Å². The van der Waals surface area contributed by atoms with Crippen LogP contribution in [0.25, 0.3) is 39.1 Å². The third kappa shape index (κ3) is 2.69. The summed E-state index contributed by atoms with van der Waals surface area (Å²) in [6.07, 6.45) is 5.69. The molecule has 3 aromatic carbocycles. The van der Waals surface area contributed by atoms with E-state index < -0.39 is 0 Å². The molecule has 158 valence electrons. The van der Waals surface area contributed by atoms with E-state index in [1.54, 1.807) is 6.20 Å². The van der Waals surface area contributed by atoms with Gasteiger partial charge in [-0.1, -0.05) is 30.3 Å². The molecule has 5 heteroatoms. The maximum Gasteiger partial charge on any atom is 0.227 e. The summed E-state index contributed by atoms with van der Waals surface area (Å²) in [7, 11) is 0. The highest BCUT2D eigenvalue weighted by Crippen LogP contribution is 2.46. The summed E-state index contributed by atoms with van der Waals surface area (Å²) >= 11 is 0. The van der Waals surface area contributed by atoms with Gasteiger partial charge in [-0.3, -0.25) is 0 Å². The van der Waals surface area contributed by atoms with Crippen molar-refractivity contribution < 1.29 is 8.83 Å². The lowest BCUT2D eigenvalue weighted by molar-refractivity contribution is 0.592. The second kappa shape index (κ2) is 7.00. The van der Waals surface area contributed by atoms with Crippen LogP contribution in [0.15, 0.2) is 100 Å². The third-order valence-corrected chi connectivity index (χ3v) is 6.20. The van der Waals surface area contributed by atoms with E-state index in [1.807, 2.05) is 42.6 Å². The van der Waals surface area contributed by atoms with Crippen molar-refractivity contribution >= 4 is 56.2 Å². The van der Waals surface area contributed by atoms with Gasteiger partial charge in [-0.15, -0.1) is 0 Å². The zero-order valence-corrected chi connectivity index (χ0v) is 17.7. The van der Waals surface area contributed by atoms with Gasteiger partial charge in [0.1, 0.15) is 16.9 Å². The number of aromatic nitrogens is 1. The molecule has 4 heterocycles. The summed E-state index contributed by atoms with van der Waals surface area (Å²) in [6.45, 7) is 0.723. The zero-order valence-electron chi connectivity index (χ0n) is 17.7. The Labute approximate surface area is 189 Å². The Bertz CT molecular complexity index is 1680. The van der Waals surface area contributed by atoms with Gasteiger partial charge < -0.3 is 19.1 Å². The van der Waals surface area contributed by atoms with Crippen molar-refractivity contribution in [2.75, 3.05) is 4.90 Å². The second-order valence-electron chi connectivity index (χ2n) is 8.09. The fourth-order valence-corrected chi connectivity index (χ4v) is 4.82. The summed E-state index contributed by atoms with van der Waals surface area (Å²) in [5.41, 5.74) is 6.64. The van der Waals surface area contributed by atoms with Crippen LogP contribution in [0, 0.1) is 0 Å². The minimum atomic E-state index is 0.640. The Balaban J connectivity index is 1.59. The molecule has 0 aliphatic carbocycles. The van der Waals surface area contributed by atoms with E-state index in [-0.39, 0.29) is 0 Å². The molecule has 7 rings (SSSR count). The van der Waals surface area contributed by atoms with Crippen LogP contribution in [0.5, 0.6) is 0 Å². The van der Waals surface area contributed by atoms with E-state index in [1.165, 1.54) is 0 Å². The summed E-state index contributed by atoms with van der Waals surface area (Å²) in [5, 5.41) is 6.47. The normalized spacial score (nSPS) is 12.8. The highest BCUT2D eigenvalue weighted by molar-refractivity contribution is 6.14. The lowest BCUT2D eigenvalue weighted by atomic mass is 10.0. The van der Waals surface area contributed by atoms with Gasteiger partial charge in [-0.25, -0.2) is 4.98 Å². The maximum atomic E-state index is 6.21. The summed E-state index contributed by atoms with van der Waals surface area (Å²) in [5.74, 6) is 0.903. The molecule has 0 unspecified atom stereocenters.